The molecule has 0 spiro atoms. The first kappa shape index (κ1) is 17.5. The van der Waals surface area contributed by atoms with E-state index in [2.05, 4.69) is 5.32 Å². The highest BCUT2D eigenvalue weighted by Gasteiger charge is 2.29. The number of Topliss-reactive ketones (excluding diaryl/α,β-unsaturated/α-hetero) is 1. The second-order valence-corrected chi connectivity index (χ2v) is 6.29. The van der Waals surface area contributed by atoms with Crippen molar-refractivity contribution in [2.24, 2.45) is 5.92 Å². The number of ketones is 1. The zero-order valence-corrected chi connectivity index (χ0v) is 14.0. The van der Waals surface area contributed by atoms with Gasteiger partial charge in [0.25, 0.3) is 5.91 Å². The van der Waals surface area contributed by atoms with Crippen LogP contribution in [0.1, 0.15) is 44.7 Å². The summed E-state index contributed by atoms with van der Waals surface area (Å²) in [6.07, 6.45) is 2.17. The number of rotatable bonds is 5. The molecule has 1 atom stereocenters. The predicted octanol–water partition coefficient (Wildman–Crippen LogP) is 3.16. The fourth-order valence-corrected chi connectivity index (χ4v) is 3.14. The van der Waals surface area contributed by atoms with Crippen molar-refractivity contribution in [2.45, 2.75) is 19.3 Å². The second kappa shape index (κ2) is 7.31. The number of aliphatic carboxylic acids is 1. The summed E-state index contributed by atoms with van der Waals surface area (Å²) in [6.45, 7) is 0. The van der Waals surface area contributed by atoms with Crippen molar-refractivity contribution in [1.82, 2.24) is 0 Å². The summed E-state index contributed by atoms with van der Waals surface area (Å²) >= 11 is 0. The van der Waals surface area contributed by atoms with E-state index in [0.29, 0.717) is 35.2 Å². The molecule has 1 aliphatic carbocycles. The molecule has 0 aromatic heterocycles. The highest BCUT2D eigenvalue weighted by atomic mass is 16.4. The molecule has 0 saturated carbocycles. The van der Waals surface area contributed by atoms with E-state index in [4.69, 9.17) is 10.5 Å². The number of anilines is 1. The average molecular weight is 350 g/mol. The Labute approximate surface area is 150 Å². The highest BCUT2D eigenvalue weighted by molar-refractivity contribution is 6.06. The maximum Gasteiger partial charge on any atom is 0.304 e. The largest absolute Gasteiger partial charge is 0.481 e. The molecule has 0 radical (unpaired) electrons. The Morgan fingerprint density at radius 2 is 1.92 bits per heavy atom. The molecule has 0 bridgehead atoms. The van der Waals surface area contributed by atoms with Gasteiger partial charge in [0.2, 0.25) is 0 Å². The Morgan fingerprint density at radius 1 is 1.19 bits per heavy atom. The predicted molar refractivity (Wildman–Crippen MR) is 97.1 cm³/mol. The van der Waals surface area contributed by atoms with Gasteiger partial charge in [-0.3, -0.25) is 14.4 Å². The quantitative estimate of drug-likeness (QED) is 0.720. The van der Waals surface area contributed by atoms with Gasteiger partial charge in [-0.15, -0.1) is 0 Å². The fraction of sp³-hybridized carbons (Fsp3) is 0.200. The van der Waals surface area contributed by atoms with Crippen molar-refractivity contribution < 1.29 is 19.5 Å². The Kier molecular flexibility index (Phi) is 4.93. The van der Waals surface area contributed by atoms with Crippen molar-refractivity contribution in [1.29, 1.82) is 5.41 Å². The molecule has 3 rings (SSSR count). The van der Waals surface area contributed by atoms with Crippen molar-refractivity contribution in [2.75, 3.05) is 5.32 Å². The molecule has 1 unspecified atom stereocenters. The number of fused-ring (bicyclic) bond motifs is 1. The number of aryl methyl sites for hydroxylation is 1. The summed E-state index contributed by atoms with van der Waals surface area (Å²) in [4.78, 5) is 35.6. The van der Waals surface area contributed by atoms with E-state index in [1.54, 1.807) is 42.5 Å². The molecule has 0 saturated heterocycles. The first-order chi connectivity index (χ1) is 12.5. The molecule has 1 aliphatic rings. The lowest BCUT2D eigenvalue weighted by Gasteiger charge is -2.22. The van der Waals surface area contributed by atoms with Crippen molar-refractivity contribution in [3.05, 3.63) is 64.7 Å². The number of hydrogen-bond acceptors (Lipinski definition) is 4. The Morgan fingerprint density at radius 3 is 2.58 bits per heavy atom. The third kappa shape index (κ3) is 3.69. The normalized spacial score (nSPS) is 15.8. The van der Waals surface area contributed by atoms with Gasteiger partial charge in [0.15, 0.2) is 5.78 Å². The number of carboxylic acid groups (broad SMARTS) is 1. The molecule has 132 valence electrons. The van der Waals surface area contributed by atoms with E-state index < -0.39 is 11.9 Å². The Bertz CT molecular complexity index is 887. The maximum atomic E-state index is 12.4. The summed E-state index contributed by atoms with van der Waals surface area (Å²) in [5.74, 6) is -1.86. The summed E-state index contributed by atoms with van der Waals surface area (Å²) in [7, 11) is 0. The highest BCUT2D eigenvalue weighted by Crippen LogP contribution is 2.29. The van der Waals surface area contributed by atoms with E-state index in [0.717, 1.165) is 5.56 Å². The van der Waals surface area contributed by atoms with Crippen LogP contribution in [0.3, 0.4) is 0 Å². The SMILES string of the molecule is N=Cc1ccc(C(=O)Nc2ccc3c(c2)CCC(CC(=O)O)C3=O)cc1. The van der Waals surface area contributed by atoms with Crippen LogP contribution in [0.2, 0.25) is 0 Å². The molecular formula is C20H18N2O4. The van der Waals surface area contributed by atoms with Crippen molar-refractivity contribution >= 4 is 29.6 Å². The molecule has 0 heterocycles. The Hall–Kier alpha value is -3.28. The van der Waals surface area contributed by atoms with Gasteiger partial charge in [-0.05, 0) is 54.3 Å². The average Bonchev–Trinajstić information content (AvgIpc) is 2.64. The minimum absolute atomic E-state index is 0.145. The minimum Gasteiger partial charge on any atom is -0.481 e. The van der Waals surface area contributed by atoms with Crippen LogP contribution in [0.5, 0.6) is 0 Å². The minimum atomic E-state index is -0.968. The van der Waals surface area contributed by atoms with Gasteiger partial charge in [0.1, 0.15) is 0 Å². The number of nitrogens with one attached hydrogen (secondary N) is 2. The monoisotopic (exact) mass is 350 g/mol. The first-order valence-electron chi connectivity index (χ1n) is 8.29. The van der Waals surface area contributed by atoms with Gasteiger partial charge in [-0.25, -0.2) is 0 Å². The smallest absolute Gasteiger partial charge is 0.304 e. The number of carbonyl (C=O) groups excluding carboxylic acids is 2. The number of hydrogen-bond donors (Lipinski definition) is 3. The zero-order chi connectivity index (χ0) is 18.7. The van der Waals surface area contributed by atoms with E-state index in [-0.39, 0.29) is 18.1 Å². The van der Waals surface area contributed by atoms with Gasteiger partial charge < -0.3 is 15.8 Å². The molecule has 0 fully saturated rings. The summed E-state index contributed by atoms with van der Waals surface area (Å²) in [5.41, 5.74) is 3.15. The standard InChI is InChI=1S/C20H18N2O4/c21-11-12-1-3-13(4-2-12)20(26)22-16-7-8-17-14(9-16)5-6-15(19(17)25)10-18(23)24/h1-4,7-9,11,15,21H,5-6,10H2,(H,22,26)(H,23,24). The summed E-state index contributed by atoms with van der Waals surface area (Å²) in [5, 5.41) is 18.9. The summed E-state index contributed by atoms with van der Waals surface area (Å²) < 4.78 is 0. The molecule has 3 N–H and O–H groups in total. The molecule has 2 aromatic rings. The van der Waals surface area contributed by atoms with Crippen LogP contribution in [0.15, 0.2) is 42.5 Å². The van der Waals surface area contributed by atoms with Crippen LogP contribution < -0.4 is 5.32 Å². The van der Waals surface area contributed by atoms with Crippen LogP contribution >= 0.6 is 0 Å². The first-order valence-corrected chi connectivity index (χ1v) is 8.29. The van der Waals surface area contributed by atoms with Crippen LogP contribution in [-0.4, -0.2) is 29.0 Å². The lowest BCUT2D eigenvalue weighted by molar-refractivity contribution is -0.137. The number of carboxylic acids is 1. The number of benzene rings is 2. The van der Waals surface area contributed by atoms with Crippen molar-refractivity contribution in [3.8, 4) is 0 Å². The van der Waals surface area contributed by atoms with E-state index in [1.807, 2.05) is 0 Å². The molecule has 2 aromatic carbocycles. The van der Waals surface area contributed by atoms with Gasteiger partial charge in [-0.1, -0.05) is 12.1 Å². The lowest BCUT2D eigenvalue weighted by atomic mass is 9.81. The van der Waals surface area contributed by atoms with Crippen LogP contribution in [0, 0.1) is 11.3 Å². The van der Waals surface area contributed by atoms with Crippen LogP contribution in [0.25, 0.3) is 0 Å². The van der Waals surface area contributed by atoms with Crippen LogP contribution in [0.4, 0.5) is 5.69 Å². The molecular weight excluding hydrogens is 332 g/mol. The van der Waals surface area contributed by atoms with E-state index >= 15 is 0 Å². The van der Waals surface area contributed by atoms with Crippen LogP contribution in [-0.2, 0) is 11.2 Å². The topological polar surface area (TPSA) is 107 Å². The van der Waals surface area contributed by atoms with Gasteiger partial charge >= 0.3 is 5.97 Å². The van der Waals surface area contributed by atoms with E-state index in [1.165, 1.54) is 6.21 Å². The third-order valence-electron chi connectivity index (χ3n) is 4.52. The van der Waals surface area contributed by atoms with Gasteiger partial charge in [0.05, 0.1) is 6.42 Å². The zero-order valence-electron chi connectivity index (χ0n) is 14.0. The molecule has 1 amide bonds. The van der Waals surface area contributed by atoms with Crippen molar-refractivity contribution in [3.63, 3.8) is 0 Å². The number of amides is 1. The third-order valence-corrected chi connectivity index (χ3v) is 4.52. The van der Waals surface area contributed by atoms with Gasteiger partial charge in [0, 0.05) is 28.9 Å². The van der Waals surface area contributed by atoms with E-state index in [9.17, 15) is 14.4 Å². The Balaban J connectivity index is 1.75. The molecule has 26 heavy (non-hydrogen) atoms. The summed E-state index contributed by atoms with van der Waals surface area (Å²) in [6, 6.07) is 11.8. The molecule has 0 aliphatic heterocycles. The fourth-order valence-electron chi connectivity index (χ4n) is 3.14. The number of carbonyl (C=O) groups is 3. The molecule has 6 nitrogen and oxygen atoms in total. The van der Waals surface area contributed by atoms with Gasteiger partial charge in [-0.2, -0.15) is 0 Å². The second-order valence-electron chi connectivity index (χ2n) is 6.29. The maximum absolute atomic E-state index is 12.4. The lowest BCUT2D eigenvalue weighted by Crippen LogP contribution is -2.25. The molecule has 6 heteroatoms.